The molecule has 0 radical (unpaired) electrons. The quantitative estimate of drug-likeness (QED) is 0.635. The molecule has 2 N–H and O–H groups in total. The second kappa shape index (κ2) is 8.63. The van der Waals surface area contributed by atoms with E-state index in [0.717, 1.165) is 29.8 Å². The number of aromatic nitrogens is 1. The number of nitrogens with one attached hydrogen (secondary N) is 2. The van der Waals surface area contributed by atoms with E-state index >= 15 is 0 Å². The molecular weight excluding hydrogens is 452 g/mol. The van der Waals surface area contributed by atoms with Crippen LogP contribution < -0.4 is 10.0 Å². The van der Waals surface area contributed by atoms with Crippen LogP contribution in [0.5, 0.6) is 0 Å². The van der Waals surface area contributed by atoms with Crippen molar-refractivity contribution >= 4 is 33.2 Å². The van der Waals surface area contributed by atoms with E-state index in [2.05, 4.69) is 5.32 Å². The molecule has 30 heavy (non-hydrogen) atoms. The number of amides is 1. The Morgan fingerprint density at radius 3 is 2.53 bits per heavy atom. The van der Waals surface area contributed by atoms with Crippen LogP contribution >= 0.6 is 11.6 Å². The molecule has 0 unspecified atom stereocenters. The number of nitriles is 1. The number of carbonyl (C=O) groups is 1. The summed E-state index contributed by atoms with van der Waals surface area (Å²) in [4.78, 5) is 11.8. The minimum atomic E-state index is -4.82. The Morgan fingerprint density at radius 1 is 1.37 bits per heavy atom. The van der Waals surface area contributed by atoms with Crippen molar-refractivity contribution in [2.75, 3.05) is 5.32 Å². The Labute approximate surface area is 174 Å². The van der Waals surface area contributed by atoms with Crippen molar-refractivity contribution in [1.29, 1.82) is 5.26 Å². The first-order chi connectivity index (χ1) is 13.8. The highest BCUT2D eigenvalue weighted by Gasteiger charge is 2.42. The first-order valence-corrected chi connectivity index (χ1v) is 10.1. The minimum absolute atomic E-state index is 0.0286. The van der Waals surface area contributed by atoms with Crippen LogP contribution in [0.3, 0.4) is 0 Å². The van der Waals surface area contributed by atoms with Crippen LogP contribution in [0.1, 0.15) is 29.4 Å². The van der Waals surface area contributed by atoms with E-state index in [1.807, 2.05) is 0 Å². The van der Waals surface area contributed by atoms with Crippen LogP contribution in [0.15, 0.2) is 29.3 Å². The molecular formula is C17H15ClF4N4O3S. The zero-order chi connectivity index (χ0) is 22.9. The number of halogens is 5. The molecule has 0 aliphatic carbocycles. The highest BCUT2D eigenvalue weighted by atomic mass is 35.5. The smallest absolute Gasteiger partial charge is 0.344 e. The first kappa shape index (κ1) is 23.7. The van der Waals surface area contributed by atoms with Crippen molar-refractivity contribution in [3.05, 3.63) is 46.5 Å². The second-order valence-corrected chi connectivity index (χ2v) is 8.21. The van der Waals surface area contributed by atoms with Gasteiger partial charge in [-0.3, -0.25) is 4.79 Å². The third-order valence-corrected chi connectivity index (χ3v) is 6.02. The zero-order valence-electron chi connectivity index (χ0n) is 15.5. The summed E-state index contributed by atoms with van der Waals surface area (Å²) in [5, 5.41) is 10.6. The molecule has 2 rings (SSSR count). The summed E-state index contributed by atoms with van der Waals surface area (Å²) in [5.74, 6) is -1.72. The Hall–Kier alpha value is -2.62. The molecule has 0 fully saturated rings. The number of carbonyl (C=O) groups excluding carboxylic acids is 1. The maximum Gasteiger partial charge on any atom is 0.404 e. The normalized spacial score (nSPS) is 13.0. The topological polar surface area (TPSA) is 104 Å². The van der Waals surface area contributed by atoms with Crippen molar-refractivity contribution in [3.63, 3.8) is 0 Å². The summed E-state index contributed by atoms with van der Waals surface area (Å²) in [6.45, 7) is 1.16. The van der Waals surface area contributed by atoms with Crippen molar-refractivity contribution in [2.24, 2.45) is 7.05 Å². The third-order valence-electron chi connectivity index (χ3n) is 4.04. The molecule has 1 atom stereocenters. The molecule has 0 spiro atoms. The van der Waals surface area contributed by atoms with Gasteiger partial charge in [-0.2, -0.15) is 23.2 Å². The molecule has 13 heteroatoms. The fourth-order valence-electron chi connectivity index (χ4n) is 2.53. The van der Waals surface area contributed by atoms with Gasteiger partial charge in [0.05, 0.1) is 10.6 Å². The van der Waals surface area contributed by atoms with Crippen molar-refractivity contribution in [1.82, 2.24) is 9.29 Å². The largest absolute Gasteiger partial charge is 0.404 e. The number of sulfonamides is 1. The SMILES string of the molecule is CC[C@@H](NS(=O)(=O)c1cn(C)c(C(=O)Nc2ccc(F)c(C#N)c2)c1Cl)C(F)(F)F. The van der Waals surface area contributed by atoms with Gasteiger partial charge in [0, 0.05) is 18.9 Å². The lowest BCUT2D eigenvalue weighted by Gasteiger charge is -2.19. The lowest BCUT2D eigenvalue weighted by molar-refractivity contribution is -0.151. The average Bonchev–Trinajstić information content (AvgIpc) is 2.95. The Bertz CT molecular complexity index is 1120. The monoisotopic (exact) mass is 466 g/mol. The van der Waals surface area contributed by atoms with Crippen molar-refractivity contribution in [3.8, 4) is 6.07 Å². The Balaban J connectivity index is 2.37. The van der Waals surface area contributed by atoms with Crippen LogP contribution in [-0.4, -0.2) is 31.1 Å². The lowest BCUT2D eigenvalue weighted by atomic mass is 10.2. The third kappa shape index (κ3) is 4.92. The van der Waals surface area contributed by atoms with E-state index < -0.39 is 50.3 Å². The van der Waals surface area contributed by atoms with Crippen LogP contribution in [0.4, 0.5) is 23.2 Å². The van der Waals surface area contributed by atoms with Gasteiger partial charge in [-0.1, -0.05) is 18.5 Å². The first-order valence-electron chi connectivity index (χ1n) is 8.26. The van der Waals surface area contributed by atoms with Crippen LogP contribution in [0, 0.1) is 17.1 Å². The summed E-state index contributed by atoms with van der Waals surface area (Å²) >= 11 is 6.01. The van der Waals surface area contributed by atoms with E-state index in [9.17, 15) is 30.8 Å². The highest BCUT2D eigenvalue weighted by Crippen LogP contribution is 2.30. The molecule has 0 saturated carbocycles. The highest BCUT2D eigenvalue weighted by molar-refractivity contribution is 7.89. The molecule has 0 aliphatic heterocycles. The van der Waals surface area contributed by atoms with Gasteiger partial charge in [0.2, 0.25) is 10.0 Å². The molecule has 0 saturated heterocycles. The van der Waals surface area contributed by atoms with E-state index in [1.165, 1.54) is 17.8 Å². The van der Waals surface area contributed by atoms with E-state index in [-0.39, 0.29) is 16.9 Å². The molecule has 162 valence electrons. The van der Waals surface area contributed by atoms with Gasteiger partial charge in [0.1, 0.15) is 28.5 Å². The number of benzene rings is 1. The molecule has 7 nitrogen and oxygen atoms in total. The van der Waals surface area contributed by atoms with Crippen LogP contribution in [0.25, 0.3) is 0 Å². The Kier molecular flexibility index (Phi) is 6.80. The number of nitrogens with zero attached hydrogens (tertiary/aromatic N) is 2. The van der Waals surface area contributed by atoms with E-state index in [1.54, 1.807) is 6.07 Å². The van der Waals surface area contributed by atoms with Crippen molar-refractivity contribution < 1.29 is 30.8 Å². The van der Waals surface area contributed by atoms with Crippen molar-refractivity contribution in [2.45, 2.75) is 30.5 Å². The average molecular weight is 467 g/mol. The van der Waals surface area contributed by atoms with Gasteiger partial charge in [0.15, 0.2) is 0 Å². The summed E-state index contributed by atoms with van der Waals surface area (Å²) in [6.07, 6.45) is -4.47. The molecule has 1 aromatic carbocycles. The number of anilines is 1. The fraction of sp³-hybridized carbons (Fsp3) is 0.294. The minimum Gasteiger partial charge on any atom is -0.344 e. The molecule has 0 aliphatic rings. The van der Waals surface area contributed by atoms with Crippen LogP contribution in [-0.2, 0) is 17.1 Å². The summed E-state index contributed by atoms with van der Waals surface area (Å²) in [7, 11) is -3.44. The number of alkyl halides is 3. The number of rotatable bonds is 6. The van der Waals surface area contributed by atoms with Gasteiger partial charge < -0.3 is 9.88 Å². The van der Waals surface area contributed by atoms with Gasteiger partial charge in [-0.05, 0) is 24.6 Å². The summed E-state index contributed by atoms with van der Waals surface area (Å²) in [5.41, 5.74) is -0.670. The number of hydrogen-bond acceptors (Lipinski definition) is 4. The summed E-state index contributed by atoms with van der Waals surface area (Å²) in [6, 6.07) is 2.43. The van der Waals surface area contributed by atoms with Gasteiger partial charge in [-0.25, -0.2) is 12.8 Å². The van der Waals surface area contributed by atoms with Gasteiger partial charge >= 0.3 is 6.18 Å². The molecule has 1 heterocycles. The molecule has 1 aromatic heterocycles. The number of aryl methyl sites for hydroxylation is 1. The number of hydrogen-bond donors (Lipinski definition) is 2. The molecule has 2 aromatic rings. The second-order valence-electron chi connectivity index (χ2n) is 6.15. The maximum atomic E-state index is 13.4. The lowest BCUT2D eigenvalue weighted by Crippen LogP contribution is -2.44. The molecule has 0 bridgehead atoms. The van der Waals surface area contributed by atoms with Gasteiger partial charge in [0.25, 0.3) is 5.91 Å². The predicted molar refractivity (Wildman–Crippen MR) is 99.9 cm³/mol. The fourth-order valence-corrected chi connectivity index (χ4v) is 4.53. The van der Waals surface area contributed by atoms with Crippen LogP contribution in [0.2, 0.25) is 5.02 Å². The molecule has 1 amide bonds. The van der Waals surface area contributed by atoms with E-state index in [0.29, 0.717) is 0 Å². The Morgan fingerprint density at radius 2 is 2.00 bits per heavy atom. The standard InChI is InChI=1S/C17H15ClF4N4O3S/c1-3-13(17(20,21)22)25-30(28,29)12-8-26(2)15(14(12)18)16(27)24-10-4-5-11(19)9(6-10)7-23/h4-6,8,13,25H,3H2,1-2H3,(H,24,27)/t13-/m1/s1. The van der Waals surface area contributed by atoms with E-state index in [4.69, 9.17) is 16.9 Å². The predicted octanol–water partition coefficient (Wildman–Crippen LogP) is 3.56. The zero-order valence-corrected chi connectivity index (χ0v) is 17.1. The maximum absolute atomic E-state index is 13.4. The van der Waals surface area contributed by atoms with Gasteiger partial charge in [-0.15, -0.1) is 0 Å². The summed E-state index contributed by atoms with van der Waals surface area (Å²) < 4.78 is 79.6.